The molecule has 0 aliphatic carbocycles. The van der Waals surface area contributed by atoms with Gasteiger partial charge in [0.2, 0.25) is 0 Å². The summed E-state index contributed by atoms with van der Waals surface area (Å²) in [5, 5.41) is 4.29. The average molecular weight is 313 g/mol. The zero-order chi connectivity index (χ0) is 16.1. The van der Waals surface area contributed by atoms with Crippen molar-refractivity contribution in [2.75, 3.05) is 20.2 Å². The lowest BCUT2D eigenvalue weighted by Crippen LogP contribution is -2.21. The monoisotopic (exact) mass is 313 g/mol. The Hall–Kier alpha value is -1.65. The second-order valence-corrected chi connectivity index (χ2v) is 6.58. The maximum atomic E-state index is 5.69. The molecule has 1 unspecified atom stereocenters. The maximum absolute atomic E-state index is 5.69. The molecule has 0 radical (unpaired) electrons. The molecule has 1 aromatic carbocycles. The van der Waals surface area contributed by atoms with Crippen molar-refractivity contribution in [1.29, 1.82) is 0 Å². The third-order valence-electron chi connectivity index (χ3n) is 4.63. The molecule has 1 aromatic heterocycles. The smallest absolute Gasteiger partial charge is 0.0648 e. The molecule has 1 saturated heterocycles. The van der Waals surface area contributed by atoms with Gasteiger partial charge in [-0.3, -0.25) is 0 Å². The van der Waals surface area contributed by atoms with Crippen LogP contribution in [0.5, 0.6) is 0 Å². The second-order valence-electron chi connectivity index (χ2n) is 6.58. The molecule has 0 N–H and O–H groups in total. The third-order valence-corrected chi connectivity index (χ3v) is 4.63. The van der Waals surface area contributed by atoms with Crippen molar-refractivity contribution in [3.8, 4) is 5.69 Å². The Morgan fingerprint density at radius 2 is 2.30 bits per heavy atom. The predicted octanol–water partition coefficient (Wildman–Crippen LogP) is 3.57. The van der Waals surface area contributed by atoms with Gasteiger partial charge in [-0.1, -0.05) is 6.07 Å². The van der Waals surface area contributed by atoms with E-state index in [1.165, 1.54) is 36.8 Å². The average Bonchev–Trinajstić information content (AvgIpc) is 3.22. The van der Waals surface area contributed by atoms with Crippen LogP contribution in [0.2, 0.25) is 0 Å². The Balaban J connectivity index is 1.50. The SMILES string of the molecule is Cc1cc(-n2cccn2)ccc1CN(C)CCCC1CCCO1. The van der Waals surface area contributed by atoms with E-state index in [0.717, 1.165) is 25.4 Å². The van der Waals surface area contributed by atoms with Crippen molar-refractivity contribution in [3.63, 3.8) is 0 Å². The summed E-state index contributed by atoms with van der Waals surface area (Å²) in [7, 11) is 2.20. The number of rotatable bonds is 7. The minimum absolute atomic E-state index is 0.512. The zero-order valence-corrected chi connectivity index (χ0v) is 14.2. The summed E-state index contributed by atoms with van der Waals surface area (Å²) in [5.41, 5.74) is 3.83. The van der Waals surface area contributed by atoms with E-state index in [2.05, 4.69) is 42.2 Å². The molecule has 1 atom stereocenters. The molecule has 124 valence electrons. The standard InChI is InChI=1S/C19H27N3O/c1-16-14-18(22-12-5-10-20-22)9-8-17(16)15-21(2)11-3-6-19-7-4-13-23-19/h5,8-10,12,14,19H,3-4,6-7,11,13,15H2,1-2H3. The van der Waals surface area contributed by atoms with Gasteiger partial charge >= 0.3 is 0 Å². The molecule has 1 fully saturated rings. The van der Waals surface area contributed by atoms with Gasteiger partial charge in [-0.15, -0.1) is 0 Å². The number of aromatic nitrogens is 2. The van der Waals surface area contributed by atoms with E-state index in [-0.39, 0.29) is 0 Å². The van der Waals surface area contributed by atoms with Crippen molar-refractivity contribution in [1.82, 2.24) is 14.7 Å². The van der Waals surface area contributed by atoms with Crippen LogP contribution >= 0.6 is 0 Å². The fourth-order valence-corrected chi connectivity index (χ4v) is 3.25. The van der Waals surface area contributed by atoms with E-state index >= 15 is 0 Å². The highest BCUT2D eigenvalue weighted by Gasteiger charge is 2.15. The molecule has 23 heavy (non-hydrogen) atoms. The quantitative estimate of drug-likeness (QED) is 0.783. The number of hydrogen-bond acceptors (Lipinski definition) is 3. The third kappa shape index (κ3) is 4.43. The van der Waals surface area contributed by atoms with Crippen molar-refractivity contribution in [3.05, 3.63) is 47.8 Å². The van der Waals surface area contributed by atoms with Crippen molar-refractivity contribution < 1.29 is 4.74 Å². The number of ether oxygens (including phenoxy) is 1. The number of benzene rings is 1. The van der Waals surface area contributed by atoms with E-state index in [9.17, 15) is 0 Å². The normalized spacial score (nSPS) is 18.0. The summed E-state index contributed by atoms with van der Waals surface area (Å²) in [6.07, 6.45) is 9.20. The molecule has 1 aliphatic rings. The van der Waals surface area contributed by atoms with Crippen LogP contribution in [0, 0.1) is 6.92 Å². The first kappa shape index (κ1) is 16.2. The zero-order valence-electron chi connectivity index (χ0n) is 14.2. The predicted molar refractivity (Wildman–Crippen MR) is 92.8 cm³/mol. The van der Waals surface area contributed by atoms with E-state index in [1.54, 1.807) is 0 Å². The van der Waals surface area contributed by atoms with Crippen LogP contribution in [0.4, 0.5) is 0 Å². The van der Waals surface area contributed by atoms with Crippen molar-refractivity contribution in [2.45, 2.75) is 45.3 Å². The van der Waals surface area contributed by atoms with E-state index in [1.807, 2.05) is 23.1 Å². The van der Waals surface area contributed by atoms with Crippen molar-refractivity contribution in [2.24, 2.45) is 0 Å². The maximum Gasteiger partial charge on any atom is 0.0648 e. The molecular weight excluding hydrogens is 286 g/mol. The molecule has 4 nitrogen and oxygen atoms in total. The molecule has 1 aliphatic heterocycles. The Labute approximate surface area is 139 Å². The molecule has 0 saturated carbocycles. The fraction of sp³-hybridized carbons (Fsp3) is 0.526. The number of hydrogen-bond donors (Lipinski definition) is 0. The van der Waals surface area contributed by atoms with E-state index < -0.39 is 0 Å². The van der Waals surface area contributed by atoms with Gasteiger partial charge in [0.25, 0.3) is 0 Å². The summed E-state index contributed by atoms with van der Waals surface area (Å²) in [6, 6.07) is 8.53. The summed E-state index contributed by atoms with van der Waals surface area (Å²) >= 11 is 0. The van der Waals surface area contributed by atoms with Gasteiger partial charge in [-0.05, 0) is 75.5 Å². The lowest BCUT2D eigenvalue weighted by Gasteiger charge is -2.19. The minimum Gasteiger partial charge on any atom is -0.378 e. The topological polar surface area (TPSA) is 30.3 Å². The van der Waals surface area contributed by atoms with Crippen LogP contribution in [0.1, 0.15) is 36.8 Å². The molecule has 0 bridgehead atoms. The first-order valence-corrected chi connectivity index (χ1v) is 8.62. The van der Waals surface area contributed by atoms with Crippen LogP contribution in [0.15, 0.2) is 36.7 Å². The molecular formula is C19H27N3O. The summed E-state index contributed by atoms with van der Waals surface area (Å²) in [4.78, 5) is 2.41. The minimum atomic E-state index is 0.512. The lowest BCUT2D eigenvalue weighted by molar-refractivity contribution is 0.0995. The largest absolute Gasteiger partial charge is 0.378 e. The second kappa shape index (κ2) is 7.75. The van der Waals surface area contributed by atoms with E-state index in [4.69, 9.17) is 4.74 Å². The van der Waals surface area contributed by atoms with E-state index in [0.29, 0.717) is 6.10 Å². The Kier molecular flexibility index (Phi) is 5.47. The lowest BCUT2D eigenvalue weighted by atomic mass is 10.1. The first-order chi connectivity index (χ1) is 11.2. The highest BCUT2D eigenvalue weighted by atomic mass is 16.5. The van der Waals surface area contributed by atoms with Gasteiger partial charge < -0.3 is 9.64 Å². The summed E-state index contributed by atoms with van der Waals surface area (Å²) in [6.45, 7) is 5.27. The molecule has 0 spiro atoms. The van der Waals surface area contributed by atoms with Crippen molar-refractivity contribution >= 4 is 0 Å². The van der Waals surface area contributed by atoms with Gasteiger partial charge in [0.1, 0.15) is 0 Å². The Bertz CT molecular complexity index is 603. The van der Waals surface area contributed by atoms with Crippen LogP contribution in [0.3, 0.4) is 0 Å². The van der Waals surface area contributed by atoms with Crippen LogP contribution < -0.4 is 0 Å². The summed E-state index contributed by atoms with van der Waals surface area (Å²) in [5.74, 6) is 0. The highest BCUT2D eigenvalue weighted by Crippen LogP contribution is 2.18. The van der Waals surface area contributed by atoms with Gasteiger partial charge in [0.15, 0.2) is 0 Å². The molecule has 2 aromatic rings. The Morgan fingerprint density at radius 3 is 3.00 bits per heavy atom. The van der Waals surface area contributed by atoms with Gasteiger partial charge in [-0.2, -0.15) is 5.10 Å². The number of aryl methyl sites for hydroxylation is 1. The number of nitrogens with zero attached hydrogens (tertiary/aromatic N) is 3. The molecule has 4 heteroatoms. The molecule has 2 heterocycles. The van der Waals surface area contributed by atoms with Crippen LogP contribution in [-0.2, 0) is 11.3 Å². The highest BCUT2D eigenvalue weighted by molar-refractivity contribution is 5.39. The fourth-order valence-electron chi connectivity index (χ4n) is 3.25. The summed E-state index contributed by atoms with van der Waals surface area (Å²) < 4.78 is 7.60. The molecule has 3 rings (SSSR count). The molecule has 0 amide bonds. The van der Waals surface area contributed by atoms with Gasteiger partial charge in [0, 0.05) is 25.5 Å². The van der Waals surface area contributed by atoms with Crippen LogP contribution in [0.25, 0.3) is 5.69 Å². The van der Waals surface area contributed by atoms with Crippen LogP contribution in [-0.4, -0.2) is 41.0 Å². The van der Waals surface area contributed by atoms with Gasteiger partial charge in [0.05, 0.1) is 11.8 Å². The van der Waals surface area contributed by atoms with Gasteiger partial charge in [-0.25, -0.2) is 4.68 Å². The first-order valence-electron chi connectivity index (χ1n) is 8.62. The Morgan fingerprint density at radius 1 is 1.39 bits per heavy atom.